The highest BCUT2D eigenvalue weighted by Crippen LogP contribution is 2.25. The highest BCUT2D eigenvalue weighted by atomic mass is 16.5. The maximum Gasteiger partial charge on any atom is 0.321 e. The summed E-state index contributed by atoms with van der Waals surface area (Å²) in [4.78, 5) is 13.4. The molecule has 0 aromatic heterocycles. The summed E-state index contributed by atoms with van der Waals surface area (Å²) >= 11 is 0. The van der Waals surface area contributed by atoms with Crippen molar-refractivity contribution in [2.24, 2.45) is 5.92 Å². The monoisotopic (exact) mass is 227 g/mol. The van der Waals surface area contributed by atoms with Crippen molar-refractivity contribution in [3.05, 3.63) is 0 Å². The molecule has 2 saturated heterocycles. The van der Waals surface area contributed by atoms with E-state index in [1.54, 1.807) is 0 Å². The van der Waals surface area contributed by atoms with Gasteiger partial charge in [0.1, 0.15) is 6.04 Å². The molecule has 4 heteroatoms. The lowest BCUT2D eigenvalue weighted by Crippen LogP contribution is -2.51. The van der Waals surface area contributed by atoms with Crippen LogP contribution in [0.5, 0.6) is 0 Å². The molecule has 0 aliphatic carbocycles. The molecule has 0 radical (unpaired) electrons. The minimum Gasteiger partial charge on any atom is -0.480 e. The van der Waals surface area contributed by atoms with Gasteiger partial charge in [-0.2, -0.15) is 0 Å². The molecule has 0 bridgehead atoms. The first-order valence-corrected chi connectivity index (χ1v) is 6.27. The number of nitrogens with zero attached hydrogens (tertiary/aromatic N) is 1. The van der Waals surface area contributed by atoms with E-state index >= 15 is 0 Å². The van der Waals surface area contributed by atoms with Gasteiger partial charge in [0.25, 0.3) is 0 Å². The molecule has 92 valence electrons. The van der Waals surface area contributed by atoms with Crippen LogP contribution in [0.1, 0.15) is 32.6 Å². The Bertz CT molecular complexity index is 251. The van der Waals surface area contributed by atoms with E-state index in [-0.39, 0.29) is 18.1 Å². The van der Waals surface area contributed by atoms with Crippen LogP contribution in [0.15, 0.2) is 0 Å². The molecule has 3 atom stereocenters. The zero-order chi connectivity index (χ0) is 11.5. The van der Waals surface area contributed by atoms with Crippen molar-refractivity contribution in [3.63, 3.8) is 0 Å². The van der Waals surface area contributed by atoms with Gasteiger partial charge >= 0.3 is 5.97 Å². The summed E-state index contributed by atoms with van der Waals surface area (Å²) in [6.07, 6.45) is 4.59. The molecule has 16 heavy (non-hydrogen) atoms. The molecule has 0 saturated carbocycles. The fourth-order valence-corrected chi connectivity index (χ4v) is 2.93. The number of likely N-dealkylation sites (tertiary alicyclic amines) is 1. The van der Waals surface area contributed by atoms with Gasteiger partial charge in [0.05, 0.1) is 6.10 Å². The Hall–Kier alpha value is -0.610. The summed E-state index contributed by atoms with van der Waals surface area (Å²) < 4.78 is 5.58. The molecule has 2 rings (SSSR count). The first-order chi connectivity index (χ1) is 7.68. The second-order valence-corrected chi connectivity index (χ2v) is 5.03. The van der Waals surface area contributed by atoms with Gasteiger partial charge < -0.3 is 9.84 Å². The minimum absolute atomic E-state index is 0.257. The Morgan fingerprint density at radius 1 is 1.44 bits per heavy atom. The van der Waals surface area contributed by atoms with E-state index in [4.69, 9.17) is 4.74 Å². The topological polar surface area (TPSA) is 49.8 Å². The van der Waals surface area contributed by atoms with E-state index in [0.29, 0.717) is 0 Å². The second-order valence-electron chi connectivity index (χ2n) is 5.03. The Morgan fingerprint density at radius 3 is 2.88 bits per heavy atom. The summed E-state index contributed by atoms with van der Waals surface area (Å²) in [5.41, 5.74) is 0. The third kappa shape index (κ3) is 2.55. The normalized spacial score (nSPS) is 36.4. The molecule has 2 aliphatic heterocycles. The number of piperidine rings is 1. The lowest BCUT2D eigenvalue weighted by Gasteiger charge is -2.38. The molecule has 0 amide bonds. The maximum atomic E-state index is 11.3. The van der Waals surface area contributed by atoms with E-state index in [1.807, 2.05) is 6.92 Å². The highest BCUT2D eigenvalue weighted by molar-refractivity contribution is 5.74. The smallest absolute Gasteiger partial charge is 0.321 e. The Morgan fingerprint density at radius 2 is 2.25 bits per heavy atom. The van der Waals surface area contributed by atoms with E-state index < -0.39 is 5.97 Å². The van der Waals surface area contributed by atoms with Crippen LogP contribution in [-0.4, -0.2) is 47.8 Å². The fourth-order valence-electron chi connectivity index (χ4n) is 2.93. The van der Waals surface area contributed by atoms with Crippen molar-refractivity contribution in [1.29, 1.82) is 0 Å². The largest absolute Gasteiger partial charge is 0.480 e. The van der Waals surface area contributed by atoms with Gasteiger partial charge in [0.15, 0.2) is 0 Å². The lowest BCUT2D eigenvalue weighted by molar-refractivity contribution is -0.147. The van der Waals surface area contributed by atoms with Crippen LogP contribution in [0, 0.1) is 5.92 Å². The van der Waals surface area contributed by atoms with Crippen molar-refractivity contribution in [2.75, 3.05) is 19.7 Å². The molecule has 2 fully saturated rings. The quantitative estimate of drug-likeness (QED) is 0.790. The van der Waals surface area contributed by atoms with E-state index in [0.717, 1.165) is 45.4 Å². The van der Waals surface area contributed by atoms with Crippen molar-refractivity contribution in [1.82, 2.24) is 4.90 Å². The zero-order valence-corrected chi connectivity index (χ0v) is 9.89. The van der Waals surface area contributed by atoms with Gasteiger partial charge in [-0.25, -0.2) is 0 Å². The van der Waals surface area contributed by atoms with Gasteiger partial charge in [-0.1, -0.05) is 6.92 Å². The Labute approximate surface area is 96.6 Å². The van der Waals surface area contributed by atoms with Crippen molar-refractivity contribution >= 4 is 5.97 Å². The lowest BCUT2D eigenvalue weighted by atomic mass is 9.90. The molecule has 0 aromatic carbocycles. The van der Waals surface area contributed by atoms with Crippen LogP contribution in [0.3, 0.4) is 0 Å². The molecular weight excluding hydrogens is 206 g/mol. The predicted octanol–water partition coefficient (Wildman–Crippen LogP) is 1.35. The number of carboxylic acids is 1. The Balaban J connectivity index is 1.96. The maximum absolute atomic E-state index is 11.3. The van der Waals surface area contributed by atoms with Crippen molar-refractivity contribution < 1.29 is 14.6 Å². The van der Waals surface area contributed by atoms with E-state index in [2.05, 4.69) is 4.90 Å². The molecule has 2 heterocycles. The summed E-state index contributed by atoms with van der Waals surface area (Å²) in [6, 6.07) is -0.307. The average molecular weight is 227 g/mol. The molecule has 4 nitrogen and oxygen atoms in total. The summed E-state index contributed by atoms with van der Waals surface area (Å²) in [5.74, 6) is -0.419. The number of hydrogen-bond acceptors (Lipinski definition) is 3. The SMILES string of the molecule is CC1CCCN(CC2CCCO2)C1C(=O)O. The number of carbonyl (C=O) groups is 1. The van der Waals surface area contributed by atoms with Crippen LogP contribution in [-0.2, 0) is 9.53 Å². The molecule has 0 spiro atoms. The number of hydrogen-bond donors (Lipinski definition) is 1. The highest BCUT2D eigenvalue weighted by Gasteiger charge is 2.35. The van der Waals surface area contributed by atoms with Crippen LogP contribution < -0.4 is 0 Å². The number of ether oxygens (including phenoxy) is 1. The van der Waals surface area contributed by atoms with Crippen LogP contribution >= 0.6 is 0 Å². The molecule has 0 aromatic rings. The van der Waals surface area contributed by atoms with E-state index in [9.17, 15) is 9.90 Å². The average Bonchev–Trinajstić information content (AvgIpc) is 2.70. The van der Waals surface area contributed by atoms with Gasteiger partial charge in [-0.05, 0) is 38.1 Å². The number of aliphatic carboxylic acids is 1. The van der Waals surface area contributed by atoms with E-state index in [1.165, 1.54) is 0 Å². The summed E-state index contributed by atoms with van der Waals surface area (Å²) in [5, 5.41) is 9.27. The number of carboxylic acid groups (broad SMARTS) is 1. The van der Waals surface area contributed by atoms with Crippen LogP contribution in [0.25, 0.3) is 0 Å². The molecule has 3 unspecified atom stereocenters. The molecule has 1 N–H and O–H groups in total. The van der Waals surface area contributed by atoms with Gasteiger partial charge in [0.2, 0.25) is 0 Å². The third-order valence-electron chi connectivity index (χ3n) is 3.75. The first-order valence-electron chi connectivity index (χ1n) is 6.27. The van der Waals surface area contributed by atoms with Crippen molar-refractivity contribution in [2.45, 2.75) is 44.8 Å². The second kappa shape index (κ2) is 5.15. The summed E-state index contributed by atoms with van der Waals surface area (Å²) in [7, 11) is 0. The Kier molecular flexibility index (Phi) is 3.82. The number of rotatable bonds is 3. The van der Waals surface area contributed by atoms with Gasteiger partial charge in [0, 0.05) is 13.2 Å². The standard InChI is InChI=1S/C12H21NO3/c1-9-4-2-6-13(11(9)12(14)15)8-10-5-3-7-16-10/h9-11H,2-8H2,1H3,(H,14,15). The van der Waals surface area contributed by atoms with Gasteiger partial charge in [-0.15, -0.1) is 0 Å². The fraction of sp³-hybridized carbons (Fsp3) is 0.917. The van der Waals surface area contributed by atoms with Crippen LogP contribution in [0.2, 0.25) is 0 Å². The third-order valence-corrected chi connectivity index (χ3v) is 3.75. The molecule has 2 aliphatic rings. The van der Waals surface area contributed by atoms with Crippen molar-refractivity contribution in [3.8, 4) is 0 Å². The zero-order valence-electron chi connectivity index (χ0n) is 9.89. The van der Waals surface area contributed by atoms with Gasteiger partial charge in [-0.3, -0.25) is 9.69 Å². The van der Waals surface area contributed by atoms with Crippen LogP contribution in [0.4, 0.5) is 0 Å². The predicted molar refractivity (Wildman–Crippen MR) is 60.4 cm³/mol. The summed E-state index contributed by atoms with van der Waals surface area (Å²) in [6.45, 7) is 4.58. The first kappa shape index (κ1) is 11.9. The minimum atomic E-state index is -0.676. The molecular formula is C12H21NO3.